The number of Topliss-reactive ketones (excluding diaryl/α,β-unsaturated/α-hetero) is 1. The minimum Gasteiger partial charge on any atom is -0.310 e. The molecule has 3 aromatic rings. The van der Waals surface area contributed by atoms with Crippen LogP contribution in [-0.4, -0.2) is 15.8 Å². The fraction of sp³-hybridized carbons (Fsp3) is 0.444. The first-order valence-electron chi connectivity index (χ1n) is 11.8. The second-order valence-electron chi connectivity index (χ2n) is 9.34. The summed E-state index contributed by atoms with van der Waals surface area (Å²) in [7, 11) is 0. The summed E-state index contributed by atoms with van der Waals surface area (Å²) in [6, 6.07) is 15.9. The van der Waals surface area contributed by atoms with Crippen LogP contribution >= 0.6 is 0 Å². The van der Waals surface area contributed by atoms with Crippen molar-refractivity contribution in [1.29, 1.82) is 0 Å². The fourth-order valence-corrected chi connectivity index (χ4v) is 5.55. The molecule has 4 heteroatoms. The molecule has 0 saturated heterocycles. The molecular weight excluding hydrogens is 384 g/mol. The van der Waals surface area contributed by atoms with Gasteiger partial charge in [0.05, 0.1) is 10.9 Å². The maximum Gasteiger partial charge on any atom is 0.258 e. The average Bonchev–Trinajstić information content (AvgIpc) is 3.23. The number of carbonyl (C=O) groups is 1. The van der Waals surface area contributed by atoms with Gasteiger partial charge in [0.25, 0.3) is 5.56 Å². The van der Waals surface area contributed by atoms with Gasteiger partial charge in [0.2, 0.25) is 0 Å². The Balaban J connectivity index is 1.28. The van der Waals surface area contributed by atoms with Crippen LogP contribution in [0.4, 0.5) is 0 Å². The van der Waals surface area contributed by atoms with Crippen LogP contribution in [0.3, 0.4) is 0 Å². The van der Waals surface area contributed by atoms with Crippen molar-refractivity contribution >= 4 is 16.7 Å². The Bertz CT molecular complexity index is 1130. The highest BCUT2D eigenvalue weighted by molar-refractivity contribution is 5.97. The second kappa shape index (κ2) is 8.78. The largest absolute Gasteiger partial charge is 0.310 e. The van der Waals surface area contributed by atoms with Gasteiger partial charge in [0.1, 0.15) is 5.82 Å². The third-order valence-electron chi connectivity index (χ3n) is 7.38. The van der Waals surface area contributed by atoms with Gasteiger partial charge in [-0.05, 0) is 62.1 Å². The molecule has 5 rings (SSSR count). The zero-order chi connectivity index (χ0) is 21.2. The third-order valence-corrected chi connectivity index (χ3v) is 7.38. The van der Waals surface area contributed by atoms with E-state index < -0.39 is 0 Å². The number of H-pyrrole nitrogens is 1. The van der Waals surface area contributed by atoms with Gasteiger partial charge in [-0.3, -0.25) is 9.59 Å². The average molecular weight is 415 g/mol. The van der Waals surface area contributed by atoms with Gasteiger partial charge < -0.3 is 4.98 Å². The molecule has 0 spiro atoms. The van der Waals surface area contributed by atoms with Crippen LogP contribution in [0.5, 0.6) is 0 Å². The van der Waals surface area contributed by atoms with Crippen LogP contribution < -0.4 is 5.56 Å². The lowest BCUT2D eigenvalue weighted by Gasteiger charge is -2.15. The van der Waals surface area contributed by atoms with E-state index in [1.54, 1.807) is 0 Å². The van der Waals surface area contributed by atoms with Gasteiger partial charge in [-0.2, -0.15) is 0 Å². The first-order chi connectivity index (χ1) is 15.2. The molecular formula is C27H30N2O2. The summed E-state index contributed by atoms with van der Waals surface area (Å²) in [5, 5.41) is 0.633. The normalized spacial score (nSPS) is 22.5. The molecule has 2 atom stereocenters. The second-order valence-corrected chi connectivity index (χ2v) is 9.34. The maximum atomic E-state index is 13.2. The van der Waals surface area contributed by atoms with E-state index in [0.29, 0.717) is 11.3 Å². The third kappa shape index (κ3) is 4.21. The summed E-state index contributed by atoms with van der Waals surface area (Å²) in [6.45, 7) is 0. The van der Waals surface area contributed by atoms with E-state index >= 15 is 0 Å². The van der Waals surface area contributed by atoms with Crippen LogP contribution in [0, 0.1) is 5.92 Å². The molecule has 1 N–H and O–H groups in total. The number of nitrogens with zero attached hydrogens (tertiary/aromatic N) is 1. The lowest BCUT2D eigenvalue weighted by molar-refractivity contribution is 0.0907. The number of nitrogens with one attached hydrogen (secondary N) is 1. The zero-order valence-electron chi connectivity index (χ0n) is 18.0. The monoisotopic (exact) mass is 414 g/mol. The molecule has 1 aromatic heterocycles. The van der Waals surface area contributed by atoms with Gasteiger partial charge in [-0.15, -0.1) is 0 Å². The highest BCUT2D eigenvalue weighted by Crippen LogP contribution is 2.36. The molecule has 2 aliphatic rings. The van der Waals surface area contributed by atoms with Crippen LogP contribution in [0.15, 0.2) is 53.3 Å². The molecule has 0 radical (unpaired) electrons. The van der Waals surface area contributed by atoms with Crippen molar-refractivity contribution in [2.45, 2.75) is 69.6 Å². The van der Waals surface area contributed by atoms with Crippen molar-refractivity contribution in [3.05, 3.63) is 75.8 Å². The first-order valence-corrected chi connectivity index (χ1v) is 11.8. The predicted octanol–water partition coefficient (Wildman–Crippen LogP) is 6.13. The summed E-state index contributed by atoms with van der Waals surface area (Å²) in [5.74, 6) is 2.00. The molecule has 160 valence electrons. The van der Waals surface area contributed by atoms with Crippen molar-refractivity contribution in [3.63, 3.8) is 0 Å². The first kappa shape index (κ1) is 20.2. The fourth-order valence-electron chi connectivity index (χ4n) is 5.55. The summed E-state index contributed by atoms with van der Waals surface area (Å²) in [5.41, 5.74) is 2.92. The van der Waals surface area contributed by atoms with E-state index in [2.05, 4.69) is 17.1 Å². The summed E-state index contributed by atoms with van der Waals surface area (Å²) < 4.78 is 0. The number of carbonyl (C=O) groups excluding carboxylic acids is 1. The molecule has 2 aliphatic carbocycles. The lowest BCUT2D eigenvalue weighted by atomic mass is 9.89. The Morgan fingerprint density at radius 2 is 1.55 bits per heavy atom. The molecule has 31 heavy (non-hydrogen) atoms. The molecule has 1 heterocycles. The van der Waals surface area contributed by atoms with Gasteiger partial charge in [0.15, 0.2) is 5.78 Å². The molecule has 0 bridgehead atoms. The topological polar surface area (TPSA) is 62.8 Å². The number of hydrogen-bond acceptors (Lipinski definition) is 3. The minimum absolute atomic E-state index is 0.0644. The Hall–Kier alpha value is -2.75. The van der Waals surface area contributed by atoms with Crippen molar-refractivity contribution in [1.82, 2.24) is 9.97 Å². The maximum absolute atomic E-state index is 13.2. The number of fused-ring (bicyclic) bond motifs is 1. The number of hydrogen-bond donors (Lipinski definition) is 1. The summed E-state index contributed by atoms with van der Waals surface area (Å²) >= 11 is 0. The standard InChI is InChI=1S/C27H30N2O2/c30-25(21-14-12-19(13-15-21)18-6-1-2-7-18)20-8-5-9-22(17-16-20)26-28-24-11-4-3-10-23(24)27(31)29-26/h3-4,10-15,18,20,22H,1-2,5-9,16-17H2,(H,28,29,31). The van der Waals surface area contributed by atoms with Crippen LogP contribution in [0.1, 0.15) is 91.4 Å². The van der Waals surface area contributed by atoms with Crippen molar-refractivity contribution in [2.75, 3.05) is 0 Å². The Morgan fingerprint density at radius 1 is 0.806 bits per heavy atom. The van der Waals surface area contributed by atoms with E-state index in [1.165, 1.54) is 31.2 Å². The minimum atomic E-state index is -0.0696. The van der Waals surface area contributed by atoms with Crippen molar-refractivity contribution < 1.29 is 4.79 Å². The molecule has 0 aliphatic heterocycles. The van der Waals surface area contributed by atoms with Gasteiger partial charge >= 0.3 is 0 Å². The van der Waals surface area contributed by atoms with Crippen LogP contribution in [0.25, 0.3) is 10.9 Å². The molecule has 2 fully saturated rings. The highest BCUT2D eigenvalue weighted by atomic mass is 16.1. The Labute approximate surface area is 183 Å². The molecule has 4 nitrogen and oxygen atoms in total. The molecule has 0 amide bonds. The Kier molecular flexibility index (Phi) is 5.71. The predicted molar refractivity (Wildman–Crippen MR) is 124 cm³/mol. The number of aromatic amines is 1. The van der Waals surface area contributed by atoms with E-state index in [0.717, 1.165) is 49.0 Å². The van der Waals surface area contributed by atoms with Gasteiger partial charge in [-0.25, -0.2) is 4.98 Å². The lowest BCUT2D eigenvalue weighted by Crippen LogP contribution is -2.16. The van der Waals surface area contributed by atoms with E-state index in [-0.39, 0.29) is 23.2 Å². The number of ketones is 1. The van der Waals surface area contributed by atoms with Gasteiger partial charge in [0, 0.05) is 17.4 Å². The number of para-hydroxylation sites is 1. The zero-order valence-corrected chi connectivity index (χ0v) is 18.0. The summed E-state index contributed by atoms with van der Waals surface area (Å²) in [6.07, 6.45) is 9.81. The number of rotatable bonds is 4. The summed E-state index contributed by atoms with van der Waals surface area (Å²) in [4.78, 5) is 33.4. The Morgan fingerprint density at radius 3 is 2.35 bits per heavy atom. The van der Waals surface area contributed by atoms with Crippen molar-refractivity contribution in [3.8, 4) is 0 Å². The van der Waals surface area contributed by atoms with E-state index in [9.17, 15) is 9.59 Å². The molecule has 2 aromatic carbocycles. The van der Waals surface area contributed by atoms with Crippen molar-refractivity contribution in [2.24, 2.45) is 5.92 Å². The smallest absolute Gasteiger partial charge is 0.258 e. The highest BCUT2D eigenvalue weighted by Gasteiger charge is 2.27. The van der Waals surface area contributed by atoms with Gasteiger partial charge in [-0.1, -0.05) is 55.7 Å². The number of aromatic nitrogens is 2. The van der Waals surface area contributed by atoms with E-state index in [1.807, 2.05) is 36.4 Å². The van der Waals surface area contributed by atoms with Crippen LogP contribution in [0.2, 0.25) is 0 Å². The quantitative estimate of drug-likeness (QED) is 0.413. The van der Waals surface area contributed by atoms with E-state index in [4.69, 9.17) is 4.98 Å². The SMILES string of the molecule is O=C(c1ccc(C2CCCC2)cc1)C1CCCC(c2nc3ccccc3c(=O)[nH]2)CC1. The number of benzene rings is 2. The molecule has 2 saturated carbocycles. The molecule has 2 unspecified atom stereocenters. The van der Waals surface area contributed by atoms with Crippen LogP contribution in [-0.2, 0) is 0 Å².